The molecule has 3 N–H and O–H groups in total. The molecule has 0 aliphatic heterocycles. The lowest BCUT2D eigenvalue weighted by molar-refractivity contribution is -0.122. The molecule has 1 rings (SSSR count). The van der Waals surface area contributed by atoms with Crippen LogP contribution in [0.4, 0.5) is 0 Å². The number of hydrogen-bond donors (Lipinski definition) is 2. The Morgan fingerprint density at radius 3 is 2.75 bits per heavy atom. The molecular weight excluding hydrogens is 222 g/mol. The highest BCUT2D eigenvalue weighted by atomic mass is 32.1. The molecule has 4 nitrogen and oxygen atoms in total. The largest absolute Gasteiger partial charge is 0.393 e. The van der Waals surface area contributed by atoms with E-state index in [9.17, 15) is 4.79 Å². The Morgan fingerprint density at radius 2 is 2.25 bits per heavy atom. The van der Waals surface area contributed by atoms with Crippen LogP contribution in [0.5, 0.6) is 0 Å². The van der Waals surface area contributed by atoms with Crippen molar-refractivity contribution in [3.63, 3.8) is 0 Å². The van der Waals surface area contributed by atoms with Crippen molar-refractivity contribution in [2.75, 3.05) is 19.6 Å². The SMILES string of the molecule is CCCNC(=O)CN(CCC(N)=S)C1CC1. The summed E-state index contributed by atoms with van der Waals surface area (Å²) in [5.74, 6) is 0.108. The molecule has 0 saturated heterocycles. The molecule has 1 amide bonds. The first-order chi connectivity index (χ1) is 7.63. The van der Waals surface area contributed by atoms with E-state index >= 15 is 0 Å². The third kappa shape index (κ3) is 5.42. The zero-order valence-corrected chi connectivity index (χ0v) is 10.7. The lowest BCUT2D eigenvalue weighted by atomic mass is 10.3. The molecule has 0 radical (unpaired) electrons. The van der Waals surface area contributed by atoms with Crippen LogP contribution in [0.25, 0.3) is 0 Å². The molecule has 1 saturated carbocycles. The van der Waals surface area contributed by atoms with E-state index in [0.717, 1.165) is 19.5 Å². The molecule has 0 aromatic rings. The second-order valence-corrected chi connectivity index (χ2v) is 4.79. The molecule has 5 heteroatoms. The summed E-state index contributed by atoms with van der Waals surface area (Å²) in [7, 11) is 0. The number of rotatable bonds is 8. The van der Waals surface area contributed by atoms with Crippen molar-refractivity contribution in [3.8, 4) is 0 Å². The van der Waals surface area contributed by atoms with Crippen LogP contribution in [-0.4, -0.2) is 41.5 Å². The zero-order chi connectivity index (χ0) is 12.0. The average molecular weight is 243 g/mol. The minimum absolute atomic E-state index is 0.108. The summed E-state index contributed by atoms with van der Waals surface area (Å²) in [6.45, 7) is 4.09. The Labute approximate surface area is 103 Å². The van der Waals surface area contributed by atoms with Gasteiger partial charge in [0.2, 0.25) is 5.91 Å². The molecular formula is C11H21N3OS. The average Bonchev–Trinajstić information content (AvgIpc) is 3.04. The van der Waals surface area contributed by atoms with Gasteiger partial charge >= 0.3 is 0 Å². The lowest BCUT2D eigenvalue weighted by Crippen LogP contribution is -2.40. The van der Waals surface area contributed by atoms with Crippen LogP contribution in [0.1, 0.15) is 32.6 Å². The quantitative estimate of drug-likeness (QED) is 0.615. The Kier molecular flexibility index (Phi) is 5.69. The van der Waals surface area contributed by atoms with Gasteiger partial charge in [-0.3, -0.25) is 9.69 Å². The van der Waals surface area contributed by atoms with Gasteiger partial charge in [0.1, 0.15) is 0 Å². The van der Waals surface area contributed by atoms with E-state index in [1.54, 1.807) is 0 Å². The number of nitrogens with one attached hydrogen (secondary N) is 1. The van der Waals surface area contributed by atoms with Crippen LogP contribution in [0, 0.1) is 0 Å². The highest BCUT2D eigenvalue weighted by Gasteiger charge is 2.29. The maximum Gasteiger partial charge on any atom is 0.234 e. The van der Waals surface area contributed by atoms with Gasteiger partial charge in [-0.2, -0.15) is 0 Å². The van der Waals surface area contributed by atoms with Gasteiger partial charge in [0, 0.05) is 25.6 Å². The maximum atomic E-state index is 11.6. The van der Waals surface area contributed by atoms with Crippen LogP contribution in [0.2, 0.25) is 0 Å². The van der Waals surface area contributed by atoms with Crippen LogP contribution < -0.4 is 11.1 Å². The van der Waals surface area contributed by atoms with E-state index < -0.39 is 0 Å². The number of hydrogen-bond acceptors (Lipinski definition) is 3. The second-order valence-electron chi connectivity index (χ2n) is 4.27. The van der Waals surface area contributed by atoms with Crippen LogP contribution in [0.15, 0.2) is 0 Å². The number of nitrogens with zero attached hydrogens (tertiary/aromatic N) is 1. The number of nitrogens with two attached hydrogens (primary N) is 1. The molecule has 1 fully saturated rings. The Morgan fingerprint density at radius 1 is 1.56 bits per heavy atom. The fourth-order valence-corrected chi connectivity index (χ4v) is 1.68. The smallest absolute Gasteiger partial charge is 0.234 e. The molecule has 1 aliphatic carbocycles. The normalized spacial score (nSPS) is 15.1. The fraction of sp³-hybridized carbons (Fsp3) is 0.818. The Balaban J connectivity index is 2.27. The van der Waals surface area contributed by atoms with Gasteiger partial charge in [-0.05, 0) is 19.3 Å². The summed E-state index contributed by atoms with van der Waals surface area (Å²) >= 11 is 4.86. The topological polar surface area (TPSA) is 58.4 Å². The Hall–Kier alpha value is -0.680. The van der Waals surface area contributed by atoms with Gasteiger partial charge in [0.25, 0.3) is 0 Å². The summed E-state index contributed by atoms with van der Waals surface area (Å²) in [5.41, 5.74) is 5.48. The van der Waals surface area contributed by atoms with E-state index in [1.807, 2.05) is 6.92 Å². The summed E-state index contributed by atoms with van der Waals surface area (Å²) < 4.78 is 0. The van der Waals surface area contributed by atoms with E-state index in [4.69, 9.17) is 18.0 Å². The molecule has 1 aliphatic rings. The van der Waals surface area contributed by atoms with Gasteiger partial charge < -0.3 is 11.1 Å². The number of amides is 1. The first-order valence-electron chi connectivity index (χ1n) is 5.92. The fourth-order valence-electron chi connectivity index (χ4n) is 1.59. The maximum absolute atomic E-state index is 11.6. The van der Waals surface area contributed by atoms with E-state index in [0.29, 0.717) is 24.0 Å². The van der Waals surface area contributed by atoms with Crippen molar-refractivity contribution >= 4 is 23.1 Å². The first kappa shape index (κ1) is 13.4. The summed E-state index contributed by atoms with van der Waals surface area (Å²) in [6, 6.07) is 0.571. The number of thiocarbonyl (C=S) groups is 1. The van der Waals surface area contributed by atoms with E-state index in [-0.39, 0.29) is 5.91 Å². The lowest BCUT2D eigenvalue weighted by Gasteiger charge is -2.20. The van der Waals surface area contributed by atoms with Crippen molar-refractivity contribution in [1.29, 1.82) is 0 Å². The van der Waals surface area contributed by atoms with Crippen molar-refractivity contribution < 1.29 is 4.79 Å². The third-order valence-corrected chi connectivity index (χ3v) is 2.83. The molecule has 0 spiro atoms. The molecule has 0 aromatic carbocycles. The van der Waals surface area contributed by atoms with Crippen LogP contribution in [0.3, 0.4) is 0 Å². The van der Waals surface area contributed by atoms with Crippen molar-refractivity contribution in [3.05, 3.63) is 0 Å². The molecule has 0 heterocycles. The van der Waals surface area contributed by atoms with Crippen molar-refractivity contribution in [1.82, 2.24) is 10.2 Å². The number of carbonyl (C=O) groups is 1. The predicted octanol–water partition coefficient (Wildman–Crippen LogP) is 0.653. The molecule has 92 valence electrons. The summed E-state index contributed by atoms with van der Waals surface area (Å²) in [5, 5.41) is 2.89. The first-order valence-corrected chi connectivity index (χ1v) is 6.33. The van der Waals surface area contributed by atoms with Crippen LogP contribution in [-0.2, 0) is 4.79 Å². The van der Waals surface area contributed by atoms with Gasteiger partial charge in [-0.25, -0.2) is 0 Å². The van der Waals surface area contributed by atoms with E-state index in [1.165, 1.54) is 12.8 Å². The summed E-state index contributed by atoms with van der Waals surface area (Å²) in [4.78, 5) is 14.3. The molecule has 0 atom stereocenters. The highest BCUT2D eigenvalue weighted by molar-refractivity contribution is 7.80. The minimum Gasteiger partial charge on any atom is -0.393 e. The number of carbonyl (C=O) groups excluding carboxylic acids is 1. The third-order valence-electron chi connectivity index (χ3n) is 2.63. The van der Waals surface area contributed by atoms with Crippen molar-refractivity contribution in [2.45, 2.75) is 38.6 Å². The second kappa shape index (κ2) is 6.81. The minimum atomic E-state index is 0.108. The monoisotopic (exact) mass is 243 g/mol. The standard InChI is InChI=1S/C11H21N3OS/c1-2-6-13-11(15)8-14(9-3-4-9)7-5-10(12)16/h9H,2-8H2,1H3,(H2,12,16)(H,13,15). The van der Waals surface area contributed by atoms with Gasteiger partial charge in [-0.15, -0.1) is 0 Å². The molecule has 0 aromatic heterocycles. The van der Waals surface area contributed by atoms with E-state index in [2.05, 4.69) is 10.2 Å². The van der Waals surface area contributed by atoms with Crippen LogP contribution >= 0.6 is 12.2 Å². The highest BCUT2D eigenvalue weighted by Crippen LogP contribution is 2.26. The summed E-state index contributed by atoms with van der Waals surface area (Å²) in [6.07, 6.45) is 4.06. The van der Waals surface area contributed by atoms with Gasteiger partial charge in [-0.1, -0.05) is 19.1 Å². The molecule has 0 bridgehead atoms. The Bertz CT molecular complexity index is 254. The van der Waals surface area contributed by atoms with Gasteiger partial charge in [0.15, 0.2) is 0 Å². The molecule has 0 unspecified atom stereocenters. The molecule has 16 heavy (non-hydrogen) atoms. The zero-order valence-electron chi connectivity index (χ0n) is 9.87. The van der Waals surface area contributed by atoms with Gasteiger partial charge in [0.05, 0.1) is 11.5 Å². The van der Waals surface area contributed by atoms with Crippen molar-refractivity contribution in [2.24, 2.45) is 5.73 Å². The predicted molar refractivity (Wildman–Crippen MR) is 69.3 cm³/mol.